The highest BCUT2D eigenvalue weighted by atomic mass is 35.5. The molecule has 0 saturated heterocycles. The molecular weight excluding hydrogens is 433 g/mol. The van der Waals surface area contributed by atoms with Crippen molar-refractivity contribution in [3.8, 4) is 5.75 Å². The highest BCUT2D eigenvalue weighted by molar-refractivity contribution is 6.35. The average molecular weight is 452 g/mol. The predicted molar refractivity (Wildman–Crippen MR) is 114 cm³/mol. The number of anilines is 2. The molecule has 3 rings (SSSR count). The van der Waals surface area contributed by atoms with E-state index < -0.39 is 28.9 Å². The molecule has 1 aliphatic rings. The van der Waals surface area contributed by atoms with Crippen LogP contribution in [0, 0.1) is 16.0 Å². The molecule has 2 atom stereocenters. The zero-order valence-electron chi connectivity index (χ0n) is 16.4. The van der Waals surface area contributed by atoms with E-state index in [0.29, 0.717) is 16.5 Å². The molecule has 0 bridgehead atoms. The van der Waals surface area contributed by atoms with Crippen LogP contribution in [0.25, 0.3) is 0 Å². The molecule has 8 nitrogen and oxygen atoms in total. The summed E-state index contributed by atoms with van der Waals surface area (Å²) in [6.45, 7) is 5.15. The summed E-state index contributed by atoms with van der Waals surface area (Å²) in [4.78, 5) is 37.9. The first-order chi connectivity index (χ1) is 14.1. The molecule has 0 radical (unpaired) electrons. The number of non-ortho nitro benzene ring substituents is 1. The molecule has 2 unspecified atom stereocenters. The van der Waals surface area contributed by atoms with E-state index in [-0.39, 0.29) is 22.3 Å². The molecule has 0 saturated carbocycles. The first-order valence-electron chi connectivity index (χ1n) is 9.14. The van der Waals surface area contributed by atoms with Gasteiger partial charge >= 0.3 is 0 Å². The maximum absolute atomic E-state index is 13.1. The van der Waals surface area contributed by atoms with Gasteiger partial charge in [0.15, 0.2) is 6.10 Å². The maximum atomic E-state index is 13.1. The Kier molecular flexibility index (Phi) is 6.19. The van der Waals surface area contributed by atoms with Crippen LogP contribution >= 0.6 is 23.2 Å². The molecule has 10 heteroatoms. The second-order valence-electron chi connectivity index (χ2n) is 7.19. The van der Waals surface area contributed by atoms with Gasteiger partial charge in [-0.25, -0.2) is 0 Å². The SMILES string of the molecule is CC(C)C1Oc2ccc([N+](=O)[O-])cc2N(C(C)C(=O)Nc2cc(Cl)ccc2Cl)C1=O. The molecule has 2 aromatic carbocycles. The molecule has 2 aromatic rings. The number of halogens is 2. The number of benzene rings is 2. The highest BCUT2D eigenvalue weighted by Gasteiger charge is 2.41. The quantitative estimate of drug-likeness (QED) is 0.525. The van der Waals surface area contributed by atoms with Gasteiger partial charge in [0.1, 0.15) is 11.8 Å². The minimum Gasteiger partial charge on any atom is -0.478 e. The van der Waals surface area contributed by atoms with E-state index in [9.17, 15) is 19.7 Å². The van der Waals surface area contributed by atoms with Crippen molar-refractivity contribution in [3.63, 3.8) is 0 Å². The van der Waals surface area contributed by atoms with Crippen molar-refractivity contribution in [1.82, 2.24) is 0 Å². The normalized spacial score (nSPS) is 16.7. The second kappa shape index (κ2) is 8.49. The summed E-state index contributed by atoms with van der Waals surface area (Å²) in [6, 6.07) is 7.56. The van der Waals surface area contributed by atoms with Gasteiger partial charge in [0.2, 0.25) is 5.91 Å². The Bertz CT molecular complexity index is 1030. The van der Waals surface area contributed by atoms with Crippen LogP contribution in [0.3, 0.4) is 0 Å². The van der Waals surface area contributed by atoms with E-state index in [4.69, 9.17) is 27.9 Å². The lowest BCUT2D eigenvalue weighted by Gasteiger charge is -2.38. The van der Waals surface area contributed by atoms with Gasteiger partial charge in [0, 0.05) is 17.2 Å². The zero-order valence-corrected chi connectivity index (χ0v) is 17.9. The van der Waals surface area contributed by atoms with Gasteiger partial charge in [-0.1, -0.05) is 37.0 Å². The lowest BCUT2D eigenvalue weighted by Crippen LogP contribution is -2.55. The van der Waals surface area contributed by atoms with Gasteiger partial charge in [-0.2, -0.15) is 0 Å². The van der Waals surface area contributed by atoms with Crippen LogP contribution in [0.4, 0.5) is 17.1 Å². The largest absolute Gasteiger partial charge is 0.478 e. The van der Waals surface area contributed by atoms with Crippen LogP contribution in [-0.4, -0.2) is 28.9 Å². The van der Waals surface area contributed by atoms with Crippen LogP contribution in [-0.2, 0) is 9.59 Å². The van der Waals surface area contributed by atoms with Gasteiger partial charge in [0.05, 0.1) is 21.3 Å². The van der Waals surface area contributed by atoms with E-state index >= 15 is 0 Å². The lowest BCUT2D eigenvalue weighted by atomic mass is 10.0. The fraction of sp³-hybridized carbons (Fsp3) is 0.300. The van der Waals surface area contributed by atoms with Gasteiger partial charge < -0.3 is 10.1 Å². The standard InChI is InChI=1S/C20H19Cl2N3O5/c1-10(2)18-20(27)24(16-9-13(25(28)29)5-7-17(16)30-18)11(3)19(26)23-15-8-12(21)4-6-14(15)22/h4-11,18H,1-3H3,(H,23,26). The number of carbonyl (C=O) groups is 2. The Morgan fingerprint density at radius 2 is 1.90 bits per heavy atom. The summed E-state index contributed by atoms with van der Waals surface area (Å²) in [7, 11) is 0. The number of rotatable bonds is 5. The molecule has 1 aliphatic heterocycles. The van der Waals surface area contributed by atoms with Crippen LogP contribution in [0.1, 0.15) is 20.8 Å². The zero-order chi connectivity index (χ0) is 22.2. The topological polar surface area (TPSA) is 102 Å². The van der Waals surface area contributed by atoms with Crippen molar-refractivity contribution >= 4 is 52.1 Å². The monoisotopic (exact) mass is 451 g/mol. The number of nitro groups is 1. The van der Waals surface area contributed by atoms with Crippen LogP contribution in [0.2, 0.25) is 10.0 Å². The minimum atomic E-state index is -1.00. The maximum Gasteiger partial charge on any atom is 0.271 e. The summed E-state index contributed by atoms with van der Waals surface area (Å²) in [5.41, 5.74) is 0.232. The molecule has 0 aromatic heterocycles. The molecule has 1 heterocycles. The number of carbonyl (C=O) groups excluding carboxylic acids is 2. The number of nitro benzene ring substituents is 1. The summed E-state index contributed by atoms with van der Waals surface area (Å²) in [5.74, 6) is -0.882. The Morgan fingerprint density at radius 1 is 1.20 bits per heavy atom. The molecule has 0 aliphatic carbocycles. The van der Waals surface area contributed by atoms with Crippen molar-refractivity contribution < 1.29 is 19.2 Å². The number of nitrogens with one attached hydrogen (secondary N) is 1. The second-order valence-corrected chi connectivity index (χ2v) is 8.03. The third-order valence-electron chi connectivity index (χ3n) is 4.71. The lowest BCUT2D eigenvalue weighted by molar-refractivity contribution is -0.384. The average Bonchev–Trinajstić information content (AvgIpc) is 2.69. The Hall–Kier alpha value is -2.84. The van der Waals surface area contributed by atoms with Gasteiger partial charge in [-0.15, -0.1) is 0 Å². The van der Waals surface area contributed by atoms with E-state index in [1.54, 1.807) is 6.07 Å². The van der Waals surface area contributed by atoms with E-state index in [2.05, 4.69) is 5.32 Å². The molecule has 30 heavy (non-hydrogen) atoms. The van der Waals surface area contributed by atoms with E-state index in [1.807, 2.05) is 13.8 Å². The first-order valence-corrected chi connectivity index (χ1v) is 9.89. The predicted octanol–water partition coefficient (Wildman–Crippen LogP) is 4.68. The fourth-order valence-electron chi connectivity index (χ4n) is 3.12. The summed E-state index contributed by atoms with van der Waals surface area (Å²) >= 11 is 12.1. The van der Waals surface area contributed by atoms with E-state index in [0.717, 1.165) is 0 Å². The van der Waals surface area contributed by atoms with Gasteiger partial charge in [-0.05, 0) is 37.1 Å². The highest BCUT2D eigenvalue weighted by Crippen LogP contribution is 2.39. The molecule has 1 N–H and O–H groups in total. The fourth-order valence-corrected chi connectivity index (χ4v) is 3.46. The van der Waals surface area contributed by atoms with Crippen molar-refractivity contribution in [2.75, 3.05) is 10.2 Å². The third kappa shape index (κ3) is 4.20. The summed E-state index contributed by atoms with van der Waals surface area (Å²) < 4.78 is 5.77. The Labute approximate surface area is 182 Å². The van der Waals surface area contributed by atoms with E-state index in [1.165, 1.54) is 42.2 Å². The summed E-state index contributed by atoms with van der Waals surface area (Å²) in [5, 5.41) is 14.5. The Balaban J connectivity index is 2.00. The molecular formula is C20H19Cl2N3O5. The molecule has 0 spiro atoms. The van der Waals surface area contributed by atoms with Crippen LogP contribution < -0.4 is 15.0 Å². The number of amides is 2. The smallest absolute Gasteiger partial charge is 0.271 e. The summed E-state index contributed by atoms with van der Waals surface area (Å²) in [6.07, 6.45) is -0.830. The number of ether oxygens (including phenoxy) is 1. The van der Waals surface area contributed by atoms with Crippen molar-refractivity contribution in [2.24, 2.45) is 5.92 Å². The molecule has 158 valence electrons. The Morgan fingerprint density at radius 3 is 2.53 bits per heavy atom. The van der Waals surface area contributed by atoms with Gasteiger partial charge in [0.25, 0.3) is 11.6 Å². The minimum absolute atomic E-state index is 0.158. The van der Waals surface area contributed by atoms with Crippen molar-refractivity contribution in [3.05, 3.63) is 56.6 Å². The third-order valence-corrected chi connectivity index (χ3v) is 5.27. The number of nitrogens with zero attached hydrogens (tertiary/aromatic N) is 2. The van der Waals surface area contributed by atoms with Crippen LogP contribution in [0.5, 0.6) is 5.75 Å². The van der Waals surface area contributed by atoms with Crippen molar-refractivity contribution in [2.45, 2.75) is 32.9 Å². The number of hydrogen-bond acceptors (Lipinski definition) is 5. The first kappa shape index (κ1) is 21.9. The molecule has 0 fully saturated rings. The number of hydrogen-bond donors (Lipinski definition) is 1. The van der Waals surface area contributed by atoms with Gasteiger partial charge in [-0.3, -0.25) is 24.6 Å². The number of fused-ring (bicyclic) bond motifs is 1. The van der Waals surface area contributed by atoms with Crippen molar-refractivity contribution in [1.29, 1.82) is 0 Å². The molecule has 2 amide bonds. The van der Waals surface area contributed by atoms with Crippen LogP contribution in [0.15, 0.2) is 36.4 Å².